The molecule has 0 spiro atoms. The summed E-state index contributed by atoms with van der Waals surface area (Å²) in [6.45, 7) is 3.65. The highest BCUT2D eigenvalue weighted by molar-refractivity contribution is 5.91. The summed E-state index contributed by atoms with van der Waals surface area (Å²) >= 11 is 0. The first kappa shape index (κ1) is 21.2. The van der Waals surface area contributed by atoms with E-state index in [4.69, 9.17) is 4.74 Å². The molecule has 164 valence electrons. The molecule has 0 fully saturated rings. The summed E-state index contributed by atoms with van der Waals surface area (Å²) < 4.78 is 48.0. The quantitative estimate of drug-likeness (QED) is 0.463. The molecule has 8 nitrogen and oxygen atoms in total. The van der Waals surface area contributed by atoms with Gasteiger partial charge in [0.1, 0.15) is 5.75 Å². The number of anilines is 2. The number of hydrogen-bond acceptors (Lipinski definition) is 8. The minimum absolute atomic E-state index is 0.120. The van der Waals surface area contributed by atoms with Gasteiger partial charge in [0.25, 0.3) is 0 Å². The zero-order valence-electron chi connectivity index (χ0n) is 17.1. The fraction of sp³-hybridized carbons (Fsp3) is 0.190. The van der Waals surface area contributed by atoms with Gasteiger partial charge in [0.2, 0.25) is 17.8 Å². The van der Waals surface area contributed by atoms with Crippen molar-refractivity contribution in [3.8, 4) is 11.6 Å². The van der Waals surface area contributed by atoms with Gasteiger partial charge in [0.15, 0.2) is 0 Å². The molecule has 0 bridgehead atoms. The van der Waals surface area contributed by atoms with Crippen molar-refractivity contribution in [3.63, 3.8) is 0 Å². The van der Waals surface area contributed by atoms with Crippen molar-refractivity contribution in [3.05, 3.63) is 47.7 Å². The van der Waals surface area contributed by atoms with Crippen LogP contribution in [0.1, 0.15) is 11.3 Å². The largest absolute Gasteiger partial charge is 0.496 e. The van der Waals surface area contributed by atoms with Crippen molar-refractivity contribution in [2.75, 3.05) is 12.4 Å². The second-order valence-electron chi connectivity index (χ2n) is 6.82. The van der Waals surface area contributed by atoms with Crippen LogP contribution in [0.15, 0.2) is 36.4 Å². The Balaban J connectivity index is 1.79. The third-order valence-corrected chi connectivity index (χ3v) is 4.63. The van der Waals surface area contributed by atoms with Gasteiger partial charge in [0.05, 0.1) is 34.6 Å². The Kier molecular flexibility index (Phi) is 5.25. The van der Waals surface area contributed by atoms with Gasteiger partial charge < -0.3 is 9.47 Å². The van der Waals surface area contributed by atoms with Gasteiger partial charge in [-0.25, -0.2) is 19.7 Å². The van der Waals surface area contributed by atoms with Gasteiger partial charge in [-0.05, 0) is 37.6 Å². The molecule has 0 aliphatic heterocycles. The molecule has 2 heterocycles. The van der Waals surface area contributed by atoms with E-state index in [1.54, 1.807) is 32.2 Å². The number of alkyl halides is 3. The number of carbonyl (C=O) groups excluding carboxylic acids is 1. The van der Waals surface area contributed by atoms with Crippen LogP contribution in [-0.4, -0.2) is 39.2 Å². The number of aromatic nitrogens is 4. The van der Waals surface area contributed by atoms with Gasteiger partial charge in [-0.1, -0.05) is 18.2 Å². The SMILES string of the molecule is COc1ccc(C)c2nc(Nc3nc(OC(=O)C(F)(F)F)c4ccccc4n3)nc(C)c12. The highest BCUT2D eigenvalue weighted by Crippen LogP contribution is 2.31. The van der Waals surface area contributed by atoms with E-state index in [9.17, 15) is 18.0 Å². The zero-order chi connectivity index (χ0) is 23.0. The van der Waals surface area contributed by atoms with Crippen molar-refractivity contribution >= 4 is 39.7 Å². The van der Waals surface area contributed by atoms with E-state index in [0.29, 0.717) is 17.0 Å². The number of fused-ring (bicyclic) bond motifs is 2. The van der Waals surface area contributed by atoms with Crippen molar-refractivity contribution in [1.29, 1.82) is 0 Å². The third-order valence-electron chi connectivity index (χ3n) is 4.63. The van der Waals surface area contributed by atoms with Crippen LogP contribution in [0, 0.1) is 13.8 Å². The molecule has 11 heteroatoms. The number of halogens is 3. The maximum atomic E-state index is 12.7. The van der Waals surface area contributed by atoms with E-state index >= 15 is 0 Å². The Bertz CT molecular complexity index is 1360. The minimum atomic E-state index is -5.17. The van der Waals surface area contributed by atoms with Gasteiger partial charge in [-0.3, -0.25) is 5.32 Å². The Morgan fingerprint density at radius 1 is 0.969 bits per heavy atom. The Hall–Kier alpha value is -4.02. The Labute approximate surface area is 179 Å². The number of nitrogens with one attached hydrogen (secondary N) is 1. The van der Waals surface area contributed by atoms with Crippen LogP contribution in [0.4, 0.5) is 25.1 Å². The number of para-hydroxylation sites is 1. The number of rotatable bonds is 4. The molecule has 0 atom stereocenters. The van der Waals surface area contributed by atoms with E-state index in [1.807, 2.05) is 19.1 Å². The summed E-state index contributed by atoms with van der Waals surface area (Å²) in [5.74, 6) is -2.32. The first-order valence-corrected chi connectivity index (χ1v) is 9.32. The van der Waals surface area contributed by atoms with Crippen molar-refractivity contribution < 1.29 is 27.4 Å². The normalized spacial score (nSPS) is 11.6. The summed E-state index contributed by atoms with van der Waals surface area (Å²) in [6.07, 6.45) is -5.17. The predicted molar refractivity (Wildman–Crippen MR) is 110 cm³/mol. The first-order valence-electron chi connectivity index (χ1n) is 9.32. The van der Waals surface area contributed by atoms with E-state index in [1.165, 1.54) is 6.07 Å². The van der Waals surface area contributed by atoms with Crippen molar-refractivity contribution in [1.82, 2.24) is 19.9 Å². The lowest BCUT2D eigenvalue weighted by molar-refractivity contribution is -0.189. The monoisotopic (exact) mass is 443 g/mol. The molecule has 0 saturated heterocycles. The van der Waals surface area contributed by atoms with Crippen LogP contribution in [0.5, 0.6) is 11.6 Å². The van der Waals surface area contributed by atoms with Crippen LogP contribution in [0.3, 0.4) is 0 Å². The van der Waals surface area contributed by atoms with E-state index in [-0.39, 0.29) is 22.8 Å². The lowest BCUT2D eigenvalue weighted by Gasteiger charge is -2.13. The fourth-order valence-electron chi connectivity index (χ4n) is 3.17. The molecule has 4 aromatic rings. The van der Waals surface area contributed by atoms with Crippen LogP contribution in [-0.2, 0) is 4.79 Å². The predicted octanol–water partition coefficient (Wildman–Crippen LogP) is 4.41. The van der Waals surface area contributed by atoms with E-state index in [2.05, 4.69) is 30.0 Å². The highest BCUT2D eigenvalue weighted by Gasteiger charge is 2.42. The Morgan fingerprint density at radius 3 is 2.41 bits per heavy atom. The van der Waals surface area contributed by atoms with Crippen LogP contribution in [0.2, 0.25) is 0 Å². The number of carbonyl (C=O) groups is 1. The smallest absolute Gasteiger partial charge is 0.491 e. The Morgan fingerprint density at radius 2 is 1.69 bits per heavy atom. The highest BCUT2D eigenvalue weighted by atomic mass is 19.4. The molecular formula is C21H16F3N5O3. The molecule has 0 aliphatic rings. The fourth-order valence-corrected chi connectivity index (χ4v) is 3.17. The molecule has 0 amide bonds. The molecule has 0 aliphatic carbocycles. The second-order valence-corrected chi connectivity index (χ2v) is 6.82. The summed E-state index contributed by atoms with van der Waals surface area (Å²) in [6, 6.07) is 9.86. The maximum Gasteiger partial charge on any atom is 0.491 e. The van der Waals surface area contributed by atoms with Crippen molar-refractivity contribution in [2.45, 2.75) is 20.0 Å². The summed E-state index contributed by atoms with van der Waals surface area (Å²) in [5, 5.41) is 3.67. The maximum absolute atomic E-state index is 12.7. The van der Waals surface area contributed by atoms with Crippen LogP contribution in [0.25, 0.3) is 21.8 Å². The molecule has 0 saturated carbocycles. The standard InChI is InChI=1S/C21H16F3N5O3/c1-10-8-9-14(31-3)15-11(2)25-19(27-16(10)15)29-20-26-13-7-5-4-6-12(13)17(28-20)32-18(30)21(22,23)24/h4-9H,1-3H3,(H,25,26,27,28,29). The second kappa shape index (κ2) is 7.91. The molecule has 1 N–H and O–H groups in total. The minimum Gasteiger partial charge on any atom is -0.496 e. The van der Waals surface area contributed by atoms with E-state index < -0.39 is 18.0 Å². The summed E-state index contributed by atoms with van der Waals surface area (Å²) in [4.78, 5) is 28.5. The van der Waals surface area contributed by atoms with Gasteiger partial charge in [-0.2, -0.15) is 18.2 Å². The molecule has 2 aromatic heterocycles. The number of ether oxygens (including phenoxy) is 2. The average Bonchev–Trinajstić information content (AvgIpc) is 2.74. The lowest BCUT2D eigenvalue weighted by Crippen LogP contribution is -2.28. The van der Waals surface area contributed by atoms with Crippen molar-refractivity contribution in [2.24, 2.45) is 0 Å². The van der Waals surface area contributed by atoms with Crippen LogP contribution >= 0.6 is 0 Å². The number of benzene rings is 2. The lowest BCUT2D eigenvalue weighted by atomic mass is 10.1. The number of methoxy groups -OCH3 is 1. The van der Waals surface area contributed by atoms with Crippen LogP contribution < -0.4 is 14.8 Å². The van der Waals surface area contributed by atoms with Gasteiger partial charge >= 0.3 is 12.1 Å². The van der Waals surface area contributed by atoms with Gasteiger partial charge in [-0.15, -0.1) is 0 Å². The number of esters is 1. The topological polar surface area (TPSA) is 99.1 Å². The third kappa shape index (κ3) is 3.96. The van der Waals surface area contributed by atoms with Gasteiger partial charge in [0, 0.05) is 0 Å². The summed E-state index contributed by atoms with van der Waals surface area (Å²) in [5.41, 5.74) is 2.38. The molecule has 0 radical (unpaired) electrons. The first-order chi connectivity index (χ1) is 15.2. The number of nitrogens with zero attached hydrogens (tertiary/aromatic N) is 4. The molecular weight excluding hydrogens is 427 g/mol. The van der Waals surface area contributed by atoms with E-state index in [0.717, 1.165) is 10.9 Å². The zero-order valence-corrected chi connectivity index (χ0v) is 17.1. The molecule has 4 rings (SSSR count). The molecule has 32 heavy (non-hydrogen) atoms. The molecule has 0 unspecified atom stereocenters. The molecule has 2 aromatic carbocycles. The number of aryl methyl sites for hydroxylation is 2. The summed E-state index contributed by atoms with van der Waals surface area (Å²) in [7, 11) is 1.54. The number of hydrogen-bond donors (Lipinski definition) is 1. The average molecular weight is 443 g/mol.